The number of benzene rings is 1. The van der Waals surface area contributed by atoms with Gasteiger partial charge in [0.15, 0.2) is 0 Å². The van der Waals surface area contributed by atoms with Crippen molar-refractivity contribution >= 4 is 11.3 Å². The zero-order valence-corrected chi connectivity index (χ0v) is 13.0. The standard InChI is InChI=1S/C17H22N2S/c1-12(2)15-11-20-16(19-15)17(18)10-6-5-8-13-7-3-4-9-14(13)17/h3-4,7,9,11-12H,5-6,8,10,18H2,1-2H3. The number of rotatable bonds is 2. The maximum atomic E-state index is 6.85. The van der Waals surface area contributed by atoms with Crippen molar-refractivity contribution in [2.75, 3.05) is 0 Å². The van der Waals surface area contributed by atoms with Crippen LogP contribution in [-0.4, -0.2) is 4.98 Å². The van der Waals surface area contributed by atoms with Crippen molar-refractivity contribution in [2.45, 2.75) is 51.0 Å². The molecule has 2 nitrogen and oxygen atoms in total. The van der Waals surface area contributed by atoms with Gasteiger partial charge < -0.3 is 5.73 Å². The summed E-state index contributed by atoms with van der Waals surface area (Å²) in [5.41, 5.74) is 10.3. The van der Waals surface area contributed by atoms with Gasteiger partial charge in [-0.3, -0.25) is 0 Å². The van der Waals surface area contributed by atoms with E-state index < -0.39 is 5.54 Å². The molecule has 3 heteroatoms. The van der Waals surface area contributed by atoms with E-state index in [-0.39, 0.29) is 0 Å². The maximum absolute atomic E-state index is 6.85. The molecule has 106 valence electrons. The van der Waals surface area contributed by atoms with Crippen molar-refractivity contribution < 1.29 is 0 Å². The number of aromatic nitrogens is 1. The number of aryl methyl sites for hydroxylation is 1. The highest BCUT2D eigenvalue weighted by molar-refractivity contribution is 7.09. The van der Waals surface area contributed by atoms with Gasteiger partial charge in [-0.2, -0.15) is 0 Å². The molecule has 1 atom stereocenters. The molecule has 1 heterocycles. The first kappa shape index (κ1) is 13.8. The van der Waals surface area contributed by atoms with Crippen molar-refractivity contribution in [3.8, 4) is 0 Å². The molecule has 0 spiro atoms. The molecular weight excluding hydrogens is 264 g/mol. The first-order valence-corrected chi connectivity index (χ1v) is 8.32. The Labute approximate surface area is 125 Å². The van der Waals surface area contributed by atoms with Crippen molar-refractivity contribution in [3.05, 3.63) is 51.5 Å². The summed E-state index contributed by atoms with van der Waals surface area (Å²) in [4.78, 5) is 4.84. The second-order valence-corrected chi connectivity index (χ2v) is 6.93. The molecule has 1 aromatic heterocycles. The molecule has 0 saturated carbocycles. The van der Waals surface area contributed by atoms with E-state index in [2.05, 4.69) is 43.5 Å². The quantitative estimate of drug-likeness (QED) is 0.841. The molecule has 0 amide bonds. The van der Waals surface area contributed by atoms with E-state index in [0.717, 1.165) is 23.5 Å². The molecule has 2 aromatic rings. The molecule has 0 aliphatic heterocycles. The third kappa shape index (κ3) is 2.29. The first-order valence-electron chi connectivity index (χ1n) is 7.44. The lowest BCUT2D eigenvalue weighted by Crippen LogP contribution is -2.38. The van der Waals surface area contributed by atoms with E-state index in [1.165, 1.54) is 24.0 Å². The summed E-state index contributed by atoms with van der Waals surface area (Å²) in [6, 6.07) is 8.63. The summed E-state index contributed by atoms with van der Waals surface area (Å²) in [5, 5.41) is 3.25. The Morgan fingerprint density at radius 3 is 2.80 bits per heavy atom. The van der Waals surface area contributed by atoms with Crippen LogP contribution in [0.1, 0.15) is 60.9 Å². The van der Waals surface area contributed by atoms with Crippen LogP contribution in [0.2, 0.25) is 0 Å². The lowest BCUT2D eigenvalue weighted by Gasteiger charge is -2.28. The number of fused-ring (bicyclic) bond motifs is 1. The zero-order chi connectivity index (χ0) is 14.2. The van der Waals surface area contributed by atoms with Crippen LogP contribution in [0.15, 0.2) is 29.6 Å². The lowest BCUT2D eigenvalue weighted by molar-refractivity contribution is 0.475. The highest BCUT2D eigenvalue weighted by atomic mass is 32.1. The normalized spacial score (nSPS) is 22.6. The molecule has 1 aromatic carbocycles. The van der Waals surface area contributed by atoms with Gasteiger partial charge in [0, 0.05) is 5.38 Å². The summed E-state index contributed by atoms with van der Waals surface area (Å²) < 4.78 is 0. The predicted molar refractivity (Wildman–Crippen MR) is 85.2 cm³/mol. The van der Waals surface area contributed by atoms with Gasteiger partial charge in [-0.1, -0.05) is 44.5 Å². The van der Waals surface area contributed by atoms with Crippen LogP contribution in [0.25, 0.3) is 0 Å². The van der Waals surface area contributed by atoms with Gasteiger partial charge in [0.05, 0.1) is 11.2 Å². The minimum atomic E-state index is -0.398. The molecule has 0 radical (unpaired) electrons. The van der Waals surface area contributed by atoms with Gasteiger partial charge in [0.25, 0.3) is 0 Å². The molecule has 1 aliphatic rings. The largest absolute Gasteiger partial charge is 0.316 e. The fourth-order valence-electron chi connectivity index (χ4n) is 3.01. The molecule has 3 rings (SSSR count). The van der Waals surface area contributed by atoms with Gasteiger partial charge in [-0.05, 0) is 36.3 Å². The van der Waals surface area contributed by atoms with Gasteiger partial charge >= 0.3 is 0 Å². The summed E-state index contributed by atoms with van der Waals surface area (Å²) in [6.07, 6.45) is 4.52. The van der Waals surface area contributed by atoms with Crippen molar-refractivity contribution in [3.63, 3.8) is 0 Å². The minimum Gasteiger partial charge on any atom is -0.316 e. The third-order valence-electron chi connectivity index (χ3n) is 4.26. The molecule has 2 N–H and O–H groups in total. The Morgan fingerprint density at radius 1 is 1.25 bits per heavy atom. The molecule has 0 fully saturated rings. The molecular formula is C17H22N2S. The third-order valence-corrected chi connectivity index (χ3v) is 5.30. The van der Waals surface area contributed by atoms with E-state index in [1.807, 2.05) is 0 Å². The average Bonchev–Trinajstić information content (AvgIpc) is 2.88. The highest BCUT2D eigenvalue weighted by Crippen LogP contribution is 2.39. The van der Waals surface area contributed by atoms with Crippen molar-refractivity contribution in [2.24, 2.45) is 5.73 Å². The van der Waals surface area contributed by atoms with Gasteiger partial charge in [0.2, 0.25) is 0 Å². The lowest BCUT2D eigenvalue weighted by atomic mass is 9.86. The van der Waals surface area contributed by atoms with Crippen LogP contribution >= 0.6 is 11.3 Å². The van der Waals surface area contributed by atoms with Gasteiger partial charge in [-0.25, -0.2) is 4.98 Å². The monoisotopic (exact) mass is 286 g/mol. The topological polar surface area (TPSA) is 38.9 Å². The Balaban J connectivity index is 2.09. The summed E-state index contributed by atoms with van der Waals surface area (Å²) in [7, 11) is 0. The van der Waals surface area contributed by atoms with E-state index in [1.54, 1.807) is 11.3 Å². The van der Waals surface area contributed by atoms with E-state index in [9.17, 15) is 0 Å². The maximum Gasteiger partial charge on any atom is 0.117 e. The summed E-state index contributed by atoms with van der Waals surface area (Å²) >= 11 is 1.72. The first-order chi connectivity index (χ1) is 9.61. The average molecular weight is 286 g/mol. The number of nitrogens with two attached hydrogens (primary N) is 1. The van der Waals surface area contributed by atoms with E-state index in [0.29, 0.717) is 5.92 Å². The van der Waals surface area contributed by atoms with Crippen LogP contribution in [0, 0.1) is 0 Å². The Bertz CT molecular complexity index is 603. The highest BCUT2D eigenvalue weighted by Gasteiger charge is 2.35. The number of nitrogens with zero attached hydrogens (tertiary/aromatic N) is 1. The van der Waals surface area contributed by atoms with Gasteiger partial charge in [-0.15, -0.1) is 11.3 Å². The van der Waals surface area contributed by atoms with Crippen LogP contribution in [0.3, 0.4) is 0 Å². The second kappa shape index (κ2) is 5.30. The van der Waals surface area contributed by atoms with Crippen molar-refractivity contribution in [1.82, 2.24) is 4.98 Å². The molecule has 0 bridgehead atoms. The van der Waals surface area contributed by atoms with Crippen molar-refractivity contribution in [1.29, 1.82) is 0 Å². The Hall–Kier alpha value is -1.19. The fourth-order valence-corrected chi connectivity index (χ4v) is 4.14. The Morgan fingerprint density at radius 2 is 2.05 bits per heavy atom. The number of hydrogen-bond acceptors (Lipinski definition) is 3. The predicted octanol–water partition coefficient (Wildman–Crippen LogP) is 4.20. The molecule has 20 heavy (non-hydrogen) atoms. The van der Waals surface area contributed by atoms with Crippen LogP contribution in [0.4, 0.5) is 0 Å². The SMILES string of the molecule is CC(C)c1csc(C2(N)CCCCc3ccccc32)n1. The van der Waals surface area contributed by atoms with Crippen LogP contribution < -0.4 is 5.73 Å². The number of hydrogen-bond donors (Lipinski definition) is 1. The number of thiazole rings is 1. The minimum absolute atomic E-state index is 0.398. The van der Waals surface area contributed by atoms with E-state index in [4.69, 9.17) is 10.7 Å². The van der Waals surface area contributed by atoms with Crippen LogP contribution in [-0.2, 0) is 12.0 Å². The molecule has 0 saturated heterocycles. The molecule has 1 unspecified atom stereocenters. The van der Waals surface area contributed by atoms with Gasteiger partial charge in [0.1, 0.15) is 5.01 Å². The summed E-state index contributed by atoms with van der Waals surface area (Å²) in [5.74, 6) is 0.463. The van der Waals surface area contributed by atoms with Crippen LogP contribution in [0.5, 0.6) is 0 Å². The van der Waals surface area contributed by atoms with E-state index >= 15 is 0 Å². The Kier molecular flexibility index (Phi) is 3.65. The molecule has 1 aliphatic carbocycles. The summed E-state index contributed by atoms with van der Waals surface area (Å²) in [6.45, 7) is 4.37. The second-order valence-electron chi connectivity index (χ2n) is 6.07. The zero-order valence-electron chi connectivity index (χ0n) is 12.2. The fraction of sp³-hybridized carbons (Fsp3) is 0.471. The smallest absolute Gasteiger partial charge is 0.117 e.